The van der Waals surface area contributed by atoms with E-state index in [9.17, 15) is 9.59 Å². The van der Waals surface area contributed by atoms with Crippen molar-refractivity contribution in [2.24, 2.45) is 5.92 Å². The molecule has 0 radical (unpaired) electrons. The zero-order valence-electron chi connectivity index (χ0n) is 6.51. The Bertz CT molecular complexity index is 140. The van der Waals surface area contributed by atoms with Crippen molar-refractivity contribution in [1.82, 2.24) is 0 Å². The molecule has 0 aliphatic rings. The molecule has 1 atom stereocenters. The average molecular weight is 145 g/mol. The summed E-state index contributed by atoms with van der Waals surface area (Å²) in [5.41, 5.74) is 0. The highest BCUT2D eigenvalue weighted by Gasteiger charge is 2.19. The van der Waals surface area contributed by atoms with Gasteiger partial charge in [-0.2, -0.15) is 0 Å². The molecule has 58 valence electrons. The maximum atomic E-state index is 10.8. The molecule has 0 N–H and O–H groups in total. The van der Waals surface area contributed by atoms with Gasteiger partial charge in [0.15, 0.2) is 0 Å². The van der Waals surface area contributed by atoms with Crippen LogP contribution < -0.4 is 0 Å². The Morgan fingerprint density at radius 1 is 1.50 bits per heavy atom. The van der Waals surface area contributed by atoms with Crippen LogP contribution in [-0.4, -0.2) is 18.9 Å². The van der Waals surface area contributed by atoms with Crippen LogP contribution in [0.25, 0.3) is 0 Å². The highest BCUT2D eigenvalue weighted by atomic mass is 16.5. The topological polar surface area (TPSA) is 43.4 Å². The van der Waals surface area contributed by atoms with E-state index in [1.54, 1.807) is 6.92 Å². The lowest BCUT2D eigenvalue weighted by Gasteiger charge is -2.03. The van der Waals surface area contributed by atoms with Gasteiger partial charge in [0, 0.05) is 5.92 Å². The molecule has 0 aromatic heterocycles. The molecule has 3 nitrogen and oxygen atoms in total. The number of ketones is 1. The molecule has 0 rings (SSSR count). The third-order valence-corrected chi connectivity index (χ3v) is 1.45. The number of methoxy groups -OCH3 is 1. The standard InChI is InChI=1S/C7H12O3/c1-4-5(2)6(8)7(9)10-3/h5H,4H2,1-3H3/t5-/m1/s1/i2+1. The average Bonchev–Trinajstić information content (AvgIpc) is 2.00. The lowest BCUT2D eigenvalue weighted by atomic mass is 10.1. The van der Waals surface area contributed by atoms with Crippen molar-refractivity contribution in [3.8, 4) is 0 Å². The van der Waals surface area contributed by atoms with E-state index < -0.39 is 11.8 Å². The molecule has 0 heterocycles. The van der Waals surface area contributed by atoms with Gasteiger partial charge in [0.05, 0.1) is 7.11 Å². The summed E-state index contributed by atoms with van der Waals surface area (Å²) in [6.45, 7) is 3.56. The van der Waals surface area contributed by atoms with Gasteiger partial charge in [-0.3, -0.25) is 4.79 Å². The smallest absolute Gasteiger partial charge is 0.374 e. The number of Topliss-reactive ketones (excluding diaryl/α,β-unsaturated/α-hetero) is 1. The zero-order valence-corrected chi connectivity index (χ0v) is 6.51. The summed E-state index contributed by atoms with van der Waals surface area (Å²) in [6, 6.07) is 0. The van der Waals surface area contributed by atoms with Crippen LogP contribution in [0.2, 0.25) is 0 Å². The Balaban J connectivity index is 3.95. The van der Waals surface area contributed by atoms with Crippen molar-refractivity contribution in [2.45, 2.75) is 20.3 Å². The molecule has 0 saturated carbocycles. The fourth-order valence-electron chi connectivity index (χ4n) is 0.487. The fraction of sp³-hybridized carbons (Fsp3) is 0.714. The fourth-order valence-corrected chi connectivity index (χ4v) is 0.487. The van der Waals surface area contributed by atoms with Crippen molar-refractivity contribution in [3.05, 3.63) is 0 Å². The second-order valence-electron chi connectivity index (χ2n) is 2.17. The van der Waals surface area contributed by atoms with E-state index in [0.717, 1.165) is 0 Å². The van der Waals surface area contributed by atoms with E-state index in [0.29, 0.717) is 6.42 Å². The second-order valence-corrected chi connectivity index (χ2v) is 2.17. The van der Waals surface area contributed by atoms with E-state index >= 15 is 0 Å². The third kappa shape index (κ3) is 2.17. The number of esters is 1. The first-order valence-electron chi connectivity index (χ1n) is 3.25. The van der Waals surface area contributed by atoms with Gasteiger partial charge in [-0.05, 0) is 6.42 Å². The molecular formula is C7H12O3. The maximum absolute atomic E-state index is 10.8. The molecule has 0 aromatic carbocycles. The predicted octanol–water partition coefficient (Wildman–Crippen LogP) is 0.775. The molecule has 0 aliphatic heterocycles. The van der Waals surface area contributed by atoms with E-state index in [2.05, 4.69) is 4.74 Å². The molecule has 0 fully saturated rings. The quantitative estimate of drug-likeness (QED) is 0.335. The second kappa shape index (κ2) is 4.04. The van der Waals surface area contributed by atoms with Crippen LogP contribution in [-0.2, 0) is 14.3 Å². The molecule has 0 unspecified atom stereocenters. The van der Waals surface area contributed by atoms with Gasteiger partial charge < -0.3 is 4.74 Å². The first-order chi connectivity index (χ1) is 4.63. The number of hydrogen-bond acceptors (Lipinski definition) is 3. The SMILES string of the molecule is CC[C@@H]([13CH3])C(=O)C(=O)OC. The predicted molar refractivity (Wildman–Crippen MR) is 36.5 cm³/mol. The molecule has 0 bridgehead atoms. The van der Waals surface area contributed by atoms with E-state index in [1.807, 2.05) is 6.92 Å². The molecule has 0 saturated heterocycles. The van der Waals surface area contributed by atoms with E-state index in [4.69, 9.17) is 0 Å². The van der Waals surface area contributed by atoms with Gasteiger partial charge in [0.1, 0.15) is 0 Å². The Kier molecular flexibility index (Phi) is 3.69. The van der Waals surface area contributed by atoms with Crippen molar-refractivity contribution in [3.63, 3.8) is 0 Å². The first-order valence-corrected chi connectivity index (χ1v) is 3.25. The Morgan fingerprint density at radius 3 is 2.30 bits per heavy atom. The summed E-state index contributed by atoms with van der Waals surface area (Å²) in [6.07, 6.45) is 0.675. The van der Waals surface area contributed by atoms with Gasteiger partial charge in [0.25, 0.3) is 0 Å². The largest absolute Gasteiger partial charge is 0.463 e. The molecular weight excluding hydrogens is 133 g/mol. The van der Waals surface area contributed by atoms with Crippen LogP contribution in [0.1, 0.15) is 20.3 Å². The first kappa shape index (κ1) is 9.14. The van der Waals surface area contributed by atoms with Gasteiger partial charge >= 0.3 is 5.97 Å². The molecule has 0 spiro atoms. The summed E-state index contributed by atoms with van der Waals surface area (Å²) in [5.74, 6) is -1.40. The van der Waals surface area contributed by atoms with Crippen LogP contribution in [0.5, 0.6) is 0 Å². The van der Waals surface area contributed by atoms with Crippen LogP contribution in [0.3, 0.4) is 0 Å². The third-order valence-electron chi connectivity index (χ3n) is 1.45. The Morgan fingerprint density at radius 2 is 2.00 bits per heavy atom. The Hall–Kier alpha value is -0.860. The summed E-state index contributed by atoms with van der Waals surface area (Å²) in [4.78, 5) is 21.4. The number of carbonyl (C=O) groups is 2. The minimum Gasteiger partial charge on any atom is -0.463 e. The lowest BCUT2D eigenvalue weighted by Crippen LogP contribution is -2.22. The number of carbonyl (C=O) groups excluding carboxylic acids is 2. The van der Waals surface area contributed by atoms with Gasteiger partial charge in [-0.1, -0.05) is 13.8 Å². The molecule has 10 heavy (non-hydrogen) atoms. The molecule has 3 heteroatoms. The molecule has 0 aromatic rings. The highest BCUT2D eigenvalue weighted by Crippen LogP contribution is 2.02. The van der Waals surface area contributed by atoms with E-state index in [-0.39, 0.29) is 5.92 Å². The number of rotatable bonds is 3. The van der Waals surface area contributed by atoms with Crippen LogP contribution in [0, 0.1) is 5.92 Å². The van der Waals surface area contributed by atoms with Gasteiger partial charge in [0.2, 0.25) is 5.78 Å². The van der Waals surface area contributed by atoms with Crippen molar-refractivity contribution in [1.29, 1.82) is 0 Å². The summed E-state index contributed by atoms with van der Waals surface area (Å²) >= 11 is 0. The van der Waals surface area contributed by atoms with Crippen LogP contribution in [0.15, 0.2) is 0 Å². The number of hydrogen-bond donors (Lipinski definition) is 0. The minimum absolute atomic E-state index is 0.215. The normalized spacial score (nSPS) is 12.3. The van der Waals surface area contributed by atoms with E-state index in [1.165, 1.54) is 7.11 Å². The van der Waals surface area contributed by atoms with Crippen molar-refractivity contribution < 1.29 is 14.3 Å². The molecule has 0 aliphatic carbocycles. The van der Waals surface area contributed by atoms with Crippen molar-refractivity contribution in [2.75, 3.05) is 7.11 Å². The maximum Gasteiger partial charge on any atom is 0.374 e. The Labute approximate surface area is 60.4 Å². The van der Waals surface area contributed by atoms with Gasteiger partial charge in [-0.25, -0.2) is 4.79 Å². The summed E-state index contributed by atoms with van der Waals surface area (Å²) in [5, 5.41) is 0. The number of ether oxygens (including phenoxy) is 1. The zero-order chi connectivity index (χ0) is 8.15. The lowest BCUT2D eigenvalue weighted by molar-refractivity contribution is -0.153. The monoisotopic (exact) mass is 145 g/mol. The minimum atomic E-state index is -0.741. The molecule has 0 amide bonds. The van der Waals surface area contributed by atoms with Gasteiger partial charge in [-0.15, -0.1) is 0 Å². The summed E-state index contributed by atoms with van der Waals surface area (Å²) < 4.78 is 4.25. The van der Waals surface area contributed by atoms with Crippen LogP contribution in [0.4, 0.5) is 0 Å². The van der Waals surface area contributed by atoms with Crippen molar-refractivity contribution >= 4 is 11.8 Å². The highest BCUT2D eigenvalue weighted by molar-refractivity contribution is 6.34. The van der Waals surface area contributed by atoms with Crippen LogP contribution >= 0.6 is 0 Å². The summed E-state index contributed by atoms with van der Waals surface area (Å²) in [7, 11) is 1.21.